The molecule has 0 aliphatic carbocycles. The lowest BCUT2D eigenvalue weighted by molar-refractivity contribution is -0.113. The molecule has 0 unspecified atom stereocenters. The fourth-order valence-corrected chi connectivity index (χ4v) is 4.42. The molecule has 2 aromatic carbocycles. The van der Waals surface area contributed by atoms with Crippen LogP contribution in [0.25, 0.3) is 16.9 Å². The third kappa shape index (κ3) is 5.74. The smallest absolute Gasteiger partial charge is 0.387 e. The van der Waals surface area contributed by atoms with Crippen LogP contribution in [0.2, 0.25) is 0 Å². The molecule has 2 heterocycles. The summed E-state index contributed by atoms with van der Waals surface area (Å²) in [7, 11) is 0. The van der Waals surface area contributed by atoms with E-state index in [-0.39, 0.29) is 17.4 Å². The van der Waals surface area contributed by atoms with Crippen molar-refractivity contribution in [3.05, 3.63) is 65.3 Å². The molecule has 0 saturated carbocycles. The van der Waals surface area contributed by atoms with E-state index in [1.54, 1.807) is 18.3 Å². The maximum absolute atomic E-state index is 12.5. The number of alkyl halides is 2. The van der Waals surface area contributed by atoms with Crippen molar-refractivity contribution in [2.45, 2.75) is 25.6 Å². The first kappa shape index (κ1) is 22.9. The number of carbonyl (C=O) groups is 1. The number of benzene rings is 2. The number of halogens is 2. The van der Waals surface area contributed by atoms with E-state index in [0.29, 0.717) is 16.0 Å². The highest BCUT2D eigenvalue weighted by molar-refractivity contribution is 7.99. The van der Waals surface area contributed by atoms with Crippen molar-refractivity contribution in [1.29, 1.82) is 0 Å². The number of nitrogens with zero attached hydrogens (tertiary/aromatic N) is 4. The standard InChI is InChI=1S/C22H19F2N5O2S2/c1-13-3-5-15(6-4-13)18-11-25-22(32-12-19(30)26-21-28-27-14(2)33-21)29(18)16-7-9-17(10-8-16)31-20(23)24/h3-11,20H,12H2,1-2H3,(H,26,28,30). The number of ether oxygens (including phenoxy) is 1. The second-order valence-corrected chi connectivity index (χ2v) is 9.09. The molecule has 33 heavy (non-hydrogen) atoms. The lowest BCUT2D eigenvalue weighted by Gasteiger charge is -2.13. The molecule has 0 saturated heterocycles. The Bertz CT molecular complexity index is 1240. The third-order valence-electron chi connectivity index (χ3n) is 4.50. The molecule has 1 amide bonds. The normalized spacial score (nSPS) is 11.1. The summed E-state index contributed by atoms with van der Waals surface area (Å²) < 4.78 is 31.4. The topological polar surface area (TPSA) is 81.9 Å². The number of hydrogen-bond acceptors (Lipinski definition) is 7. The Morgan fingerprint density at radius 1 is 1.12 bits per heavy atom. The molecule has 0 atom stereocenters. The van der Waals surface area contributed by atoms with E-state index < -0.39 is 6.61 Å². The van der Waals surface area contributed by atoms with Crippen LogP contribution in [0.5, 0.6) is 5.75 Å². The zero-order valence-electron chi connectivity index (χ0n) is 17.7. The Kier molecular flexibility index (Phi) is 6.99. The minimum absolute atomic E-state index is 0.0617. The van der Waals surface area contributed by atoms with Gasteiger partial charge >= 0.3 is 6.61 Å². The van der Waals surface area contributed by atoms with Crippen LogP contribution < -0.4 is 10.1 Å². The molecule has 0 radical (unpaired) electrons. The van der Waals surface area contributed by atoms with Crippen LogP contribution in [-0.4, -0.2) is 38.0 Å². The lowest BCUT2D eigenvalue weighted by Crippen LogP contribution is -2.14. The Balaban J connectivity index is 1.61. The van der Waals surface area contributed by atoms with E-state index in [1.165, 1.54) is 35.2 Å². The van der Waals surface area contributed by atoms with Crippen molar-refractivity contribution < 1.29 is 18.3 Å². The lowest BCUT2D eigenvalue weighted by atomic mass is 10.1. The van der Waals surface area contributed by atoms with Crippen LogP contribution >= 0.6 is 23.1 Å². The first-order valence-corrected chi connectivity index (χ1v) is 11.6. The van der Waals surface area contributed by atoms with Crippen molar-refractivity contribution in [3.8, 4) is 22.7 Å². The number of carbonyl (C=O) groups excluding carboxylic acids is 1. The molecular formula is C22H19F2N5O2S2. The van der Waals surface area contributed by atoms with Gasteiger partial charge in [-0.3, -0.25) is 14.7 Å². The van der Waals surface area contributed by atoms with Crippen molar-refractivity contribution in [2.75, 3.05) is 11.1 Å². The van der Waals surface area contributed by atoms with Gasteiger partial charge in [-0.1, -0.05) is 52.9 Å². The number of aromatic nitrogens is 4. The molecule has 170 valence electrons. The molecule has 0 aliphatic heterocycles. The molecular weight excluding hydrogens is 468 g/mol. The van der Waals surface area contributed by atoms with Crippen molar-refractivity contribution >= 4 is 34.1 Å². The van der Waals surface area contributed by atoms with E-state index in [2.05, 4.69) is 25.2 Å². The summed E-state index contributed by atoms with van der Waals surface area (Å²) in [4.78, 5) is 16.9. The van der Waals surface area contributed by atoms with Gasteiger partial charge in [0.15, 0.2) is 5.16 Å². The monoisotopic (exact) mass is 487 g/mol. The van der Waals surface area contributed by atoms with Gasteiger partial charge in [0.2, 0.25) is 11.0 Å². The van der Waals surface area contributed by atoms with E-state index in [4.69, 9.17) is 0 Å². The third-order valence-corrected chi connectivity index (χ3v) is 6.21. The maximum atomic E-state index is 12.5. The van der Waals surface area contributed by atoms with Gasteiger partial charge in [-0.25, -0.2) is 4.98 Å². The second-order valence-electron chi connectivity index (χ2n) is 6.96. The highest BCUT2D eigenvalue weighted by atomic mass is 32.2. The SMILES string of the molecule is Cc1ccc(-c2cnc(SCC(=O)Nc3nnc(C)s3)n2-c2ccc(OC(F)F)cc2)cc1. The zero-order valence-corrected chi connectivity index (χ0v) is 19.3. The van der Waals surface area contributed by atoms with Crippen LogP contribution in [0, 0.1) is 13.8 Å². The minimum atomic E-state index is -2.89. The average molecular weight is 488 g/mol. The summed E-state index contributed by atoms with van der Waals surface area (Å²) in [5, 5.41) is 12.3. The summed E-state index contributed by atoms with van der Waals surface area (Å²) in [6, 6.07) is 14.2. The van der Waals surface area contributed by atoms with E-state index in [1.807, 2.05) is 42.7 Å². The highest BCUT2D eigenvalue weighted by Crippen LogP contribution is 2.31. The number of aryl methyl sites for hydroxylation is 2. The number of rotatable bonds is 8. The number of hydrogen-bond donors (Lipinski definition) is 1. The number of nitrogens with one attached hydrogen (secondary N) is 1. The predicted molar refractivity (Wildman–Crippen MR) is 124 cm³/mol. The van der Waals surface area contributed by atoms with Crippen LogP contribution in [0.1, 0.15) is 10.6 Å². The molecule has 0 aliphatic rings. The van der Waals surface area contributed by atoms with Crippen molar-refractivity contribution in [1.82, 2.24) is 19.7 Å². The maximum Gasteiger partial charge on any atom is 0.387 e. The van der Waals surface area contributed by atoms with Crippen molar-refractivity contribution in [3.63, 3.8) is 0 Å². The van der Waals surface area contributed by atoms with Gasteiger partial charge in [0, 0.05) is 11.3 Å². The average Bonchev–Trinajstić information content (AvgIpc) is 3.39. The van der Waals surface area contributed by atoms with Gasteiger partial charge in [-0.2, -0.15) is 8.78 Å². The summed E-state index contributed by atoms with van der Waals surface area (Å²) in [6.07, 6.45) is 1.72. The van der Waals surface area contributed by atoms with Gasteiger partial charge in [-0.15, -0.1) is 10.2 Å². The Morgan fingerprint density at radius 2 is 1.85 bits per heavy atom. The molecule has 0 bridgehead atoms. The summed E-state index contributed by atoms with van der Waals surface area (Å²) >= 11 is 2.55. The van der Waals surface area contributed by atoms with Crippen LogP contribution in [0.15, 0.2) is 59.9 Å². The summed E-state index contributed by atoms with van der Waals surface area (Å²) in [5.41, 5.74) is 3.56. The fraction of sp³-hybridized carbons (Fsp3) is 0.182. The fourth-order valence-electron chi connectivity index (χ4n) is 3.02. The van der Waals surface area contributed by atoms with Gasteiger partial charge in [0.1, 0.15) is 10.8 Å². The van der Waals surface area contributed by atoms with Crippen LogP contribution in [0.3, 0.4) is 0 Å². The predicted octanol–water partition coefficient (Wildman–Crippen LogP) is 5.34. The van der Waals surface area contributed by atoms with E-state index in [0.717, 1.165) is 21.8 Å². The molecule has 11 heteroatoms. The number of imidazole rings is 1. The summed E-state index contributed by atoms with van der Waals surface area (Å²) in [6.45, 7) is 0.916. The first-order chi connectivity index (χ1) is 15.9. The Labute approximate surface area is 196 Å². The van der Waals surface area contributed by atoms with Gasteiger partial charge in [-0.05, 0) is 38.1 Å². The quantitative estimate of drug-likeness (QED) is 0.338. The number of amides is 1. The minimum Gasteiger partial charge on any atom is -0.435 e. The molecule has 0 spiro atoms. The van der Waals surface area contributed by atoms with Crippen molar-refractivity contribution in [2.24, 2.45) is 0 Å². The molecule has 0 fully saturated rings. The van der Waals surface area contributed by atoms with Crippen LogP contribution in [-0.2, 0) is 4.79 Å². The highest BCUT2D eigenvalue weighted by Gasteiger charge is 2.17. The number of thioether (sulfide) groups is 1. The Morgan fingerprint density at radius 3 is 2.48 bits per heavy atom. The molecule has 4 aromatic rings. The molecule has 2 aromatic heterocycles. The number of anilines is 1. The summed E-state index contributed by atoms with van der Waals surface area (Å²) in [5.74, 6) is -0.0646. The second kappa shape index (κ2) is 10.1. The molecule has 1 N–H and O–H groups in total. The zero-order chi connectivity index (χ0) is 23.4. The molecule has 4 rings (SSSR count). The Hall–Kier alpha value is -3.31. The van der Waals surface area contributed by atoms with Gasteiger partial charge in [0.25, 0.3) is 0 Å². The van der Waals surface area contributed by atoms with E-state index >= 15 is 0 Å². The van der Waals surface area contributed by atoms with Crippen LogP contribution in [0.4, 0.5) is 13.9 Å². The van der Waals surface area contributed by atoms with E-state index in [9.17, 15) is 13.6 Å². The first-order valence-electron chi connectivity index (χ1n) is 9.82. The van der Waals surface area contributed by atoms with Gasteiger partial charge in [0.05, 0.1) is 17.6 Å². The molecule has 7 nitrogen and oxygen atoms in total. The largest absolute Gasteiger partial charge is 0.435 e. The van der Waals surface area contributed by atoms with Gasteiger partial charge < -0.3 is 4.74 Å².